The molecule has 0 radical (unpaired) electrons. The van der Waals surface area contributed by atoms with Gasteiger partial charge in [-0.25, -0.2) is 4.79 Å². The van der Waals surface area contributed by atoms with E-state index >= 15 is 0 Å². The fourth-order valence-corrected chi connectivity index (χ4v) is 2.88. The number of hydrogen-bond donors (Lipinski definition) is 0. The van der Waals surface area contributed by atoms with E-state index in [2.05, 4.69) is 0 Å². The minimum Gasteiger partial charge on any atom is -0.452 e. The number of para-hydroxylation sites is 1. The predicted molar refractivity (Wildman–Crippen MR) is 88.6 cm³/mol. The third-order valence-corrected chi connectivity index (χ3v) is 4.10. The molecule has 0 atom stereocenters. The van der Waals surface area contributed by atoms with Crippen LogP contribution in [0.3, 0.4) is 0 Å². The molecular formula is C19H19NO3. The molecule has 3 rings (SSSR count). The maximum absolute atomic E-state index is 12.4. The standard InChI is InChI=1S/C19H19NO3/c1-14-7-2-4-10-16(14)19(22)23-13-18(21)20-12-6-9-15-8-3-5-11-17(15)20/h2-5,7-8,10-11H,6,9,12-13H2,1H3. The fraction of sp³-hybridized carbons (Fsp3) is 0.263. The molecule has 2 aromatic carbocycles. The molecule has 0 N–H and O–H groups in total. The molecule has 0 saturated heterocycles. The summed E-state index contributed by atoms with van der Waals surface area (Å²) in [5.41, 5.74) is 3.43. The van der Waals surface area contributed by atoms with Crippen LogP contribution in [-0.4, -0.2) is 25.0 Å². The van der Waals surface area contributed by atoms with Crippen molar-refractivity contribution in [2.75, 3.05) is 18.1 Å². The normalized spacial score (nSPS) is 13.3. The largest absolute Gasteiger partial charge is 0.452 e. The number of esters is 1. The van der Waals surface area contributed by atoms with Crippen LogP contribution in [0, 0.1) is 6.92 Å². The first-order valence-corrected chi connectivity index (χ1v) is 7.78. The maximum atomic E-state index is 12.4. The molecule has 1 aliphatic rings. The number of fused-ring (bicyclic) bond motifs is 1. The molecule has 4 nitrogen and oxygen atoms in total. The molecule has 0 fully saturated rings. The molecule has 0 unspecified atom stereocenters. The van der Waals surface area contributed by atoms with E-state index in [1.165, 1.54) is 0 Å². The highest BCUT2D eigenvalue weighted by atomic mass is 16.5. The van der Waals surface area contributed by atoms with Gasteiger partial charge in [-0.2, -0.15) is 0 Å². The van der Waals surface area contributed by atoms with E-state index in [0.717, 1.165) is 29.7 Å². The summed E-state index contributed by atoms with van der Waals surface area (Å²) in [7, 11) is 0. The van der Waals surface area contributed by atoms with E-state index in [9.17, 15) is 9.59 Å². The number of rotatable bonds is 3. The van der Waals surface area contributed by atoms with Gasteiger partial charge in [0.1, 0.15) is 0 Å². The van der Waals surface area contributed by atoms with Gasteiger partial charge in [0.2, 0.25) is 0 Å². The molecule has 23 heavy (non-hydrogen) atoms. The van der Waals surface area contributed by atoms with Crippen LogP contribution in [0.25, 0.3) is 0 Å². The monoisotopic (exact) mass is 309 g/mol. The van der Waals surface area contributed by atoms with Crippen LogP contribution in [-0.2, 0) is 16.0 Å². The Morgan fingerprint density at radius 3 is 2.65 bits per heavy atom. The summed E-state index contributed by atoms with van der Waals surface area (Å²) in [5.74, 6) is -0.638. The average Bonchev–Trinajstić information content (AvgIpc) is 2.59. The van der Waals surface area contributed by atoms with Crippen LogP contribution >= 0.6 is 0 Å². The van der Waals surface area contributed by atoms with Gasteiger partial charge >= 0.3 is 5.97 Å². The number of anilines is 1. The summed E-state index contributed by atoms with van der Waals surface area (Å²) in [5, 5.41) is 0. The molecule has 0 aromatic heterocycles. The summed E-state index contributed by atoms with van der Waals surface area (Å²) < 4.78 is 5.21. The highest BCUT2D eigenvalue weighted by Gasteiger charge is 2.23. The molecule has 2 aromatic rings. The van der Waals surface area contributed by atoms with E-state index in [1.54, 1.807) is 17.0 Å². The Balaban J connectivity index is 1.67. The Morgan fingerprint density at radius 2 is 1.83 bits per heavy atom. The summed E-state index contributed by atoms with van der Waals surface area (Å²) in [4.78, 5) is 26.2. The number of carbonyl (C=O) groups is 2. The lowest BCUT2D eigenvalue weighted by Gasteiger charge is -2.29. The van der Waals surface area contributed by atoms with Crippen LogP contribution in [0.4, 0.5) is 5.69 Å². The van der Waals surface area contributed by atoms with Gasteiger partial charge in [-0.05, 0) is 43.0 Å². The van der Waals surface area contributed by atoms with Gasteiger partial charge in [0.05, 0.1) is 5.56 Å². The average molecular weight is 309 g/mol. The van der Waals surface area contributed by atoms with Gasteiger partial charge in [-0.3, -0.25) is 4.79 Å². The molecule has 0 spiro atoms. The van der Waals surface area contributed by atoms with E-state index in [-0.39, 0.29) is 12.5 Å². The van der Waals surface area contributed by atoms with Crippen LogP contribution < -0.4 is 4.90 Å². The first-order chi connectivity index (χ1) is 11.2. The van der Waals surface area contributed by atoms with Crippen molar-refractivity contribution in [3.05, 3.63) is 65.2 Å². The summed E-state index contributed by atoms with van der Waals surface area (Å²) in [6.45, 7) is 2.28. The number of ether oxygens (including phenoxy) is 1. The number of hydrogen-bond acceptors (Lipinski definition) is 3. The Kier molecular flexibility index (Phi) is 4.42. The summed E-state index contributed by atoms with van der Waals surface area (Å²) >= 11 is 0. The quantitative estimate of drug-likeness (QED) is 0.818. The van der Waals surface area contributed by atoms with Gasteiger partial charge in [0.25, 0.3) is 5.91 Å². The SMILES string of the molecule is Cc1ccccc1C(=O)OCC(=O)N1CCCc2ccccc21. The lowest BCUT2D eigenvalue weighted by atomic mass is 10.0. The Morgan fingerprint density at radius 1 is 1.09 bits per heavy atom. The molecule has 1 heterocycles. The number of carbonyl (C=O) groups excluding carboxylic acids is 2. The van der Waals surface area contributed by atoms with Gasteiger partial charge in [0.15, 0.2) is 6.61 Å². The van der Waals surface area contributed by atoms with Crippen molar-refractivity contribution in [1.29, 1.82) is 0 Å². The zero-order valence-corrected chi connectivity index (χ0v) is 13.1. The van der Waals surface area contributed by atoms with Crippen molar-refractivity contribution in [3.8, 4) is 0 Å². The second-order valence-electron chi connectivity index (χ2n) is 5.67. The van der Waals surface area contributed by atoms with Crippen molar-refractivity contribution in [3.63, 3.8) is 0 Å². The molecule has 118 valence electrons. The minimum absolute atomic E-state index is 0.181. The van der Waals surface area contributed by atoms with Crippen molar-refractivity contribution < 1.29 is 14.3 Å². The highest BCUT2D eigenvalue weighted by molar-refractivity contribution is 5.98. The van der Waals surface area contributed by atoms with Gasteiger partial charge in [-0.15, -0.1) is 0 Å². The molecular weight excluding hydrogens is 290 g/mol. The van der Waals surface area contributed by atoms with E-state index < -0.39 is 5.97 Å². The number of benzene rings is 2. The van der Waals surface area contributed by atoms with Gasteiger partial charge in [0, 0.05) is 12.2 Å². The van der Waals surface area contributed by atoms with Gasteiger partial charge < -0.3 is 9.64 Å². The zero-order chi connectivity index (χ0) is 16.2. The fourth-order valence-electron chi connectivity index (χ4n) is 2.88. The summed E-state index contributed by atoms with van der Waals surface area (Å²) in [6, 6.07) is 15.1. The Bertz CT molecular complexity index is 739. The number of nitrogens with zero attached hydrogens (tertiary/aromatic N) is 1. The van der Waals surface area contributed by atoms with Crippen LogP contribution in [0.5, 0.6) is 0 Å². The maximum Gasteiger partial charge on any atom is 0.338 e. The minimum atomic E-state index is -0.457. The summed E-state index contributed by atoms with van der Waals surface area (Å²) in [6.07, 6.45) is 1.90. The Labute approximate surface area is 135 Å². The van der Waals surface area contributed by atoms with Crippen LogP contribution in [0.1, 0.15) is 27.9 Å². The van der Waals surface area contributed by atoms with Crippen molar-refractivity contribution in [2.24, 2.45) is 0 Å². The third kappa shape index (κ3) is 3.26. The van der Waals surface area contributed by atoms with Crippen molar-refractivity contribution >= 4 is 17.6 Å². The van der Waals surface area contributed by atoms with Crippen molar-refractivity contribution in [2.45, 2.75) is 19.8 Å². The number of aryl methyl sites for hydroxylation is 2. The molecule has 0 aliphatic carbocycles. The van der Waals surface area contributed by atoms with Gasteiger partial charge in [-0.1, -0.05) is 36.4 Å². The molecule has 1 aliphatic heterocycles. The highest BCUT2D eigenvalue weighted by Crippen LogP contribution is 2.26. The third-order valence-electron chi connectivity index (χ3n) is 4.10. The first-order valence-electron chi connectivity index (χ1n) is 7.78. The number of amides is 1. The van der Waals surface area contributed by atoms with E-state index in [1.807, 2.05) is 43.3 Å². The Hall–Kier alpha value is -2.62. The first kappa shape index (κ1) is 15.3. The van der Waals surface area contributed by atoms with E-state index in [4.69, 9.17) is 4.74 Å². The predicted octanol–water partition coefficient (Wildman–Crippen LogP) is 3.13. The zero-order valence-electron chi connectivity index (χ0n) is 13.1. The lowest BCUT2D eigenvalue weighted by molar-refractivity contribution is -0.121. The second-order valence-corrected chi connectivity index (χ2v) is 5.67. The molecule has 4 heteroatoms. The topological polar surface area (TPSA) is 46.6 Å². The smallest absolute Gasteiger partial charge is 0.338 e. The molecule has 1 amide bonds. The molecule has 0 saturated carbocycles. The second kappa shape index (κ2) is 6.65. The van der Waals surface area contributed by atoms with Crippen LogP contribution in [0.2, 0.25) is 0 Å². The van der Waals surface area contributed by atoms with Crippen LogP contribution in [0.15, 0.2) is 48.5 Å². The lowest BCUT2D eigenvalue weighted by Crippen LogP contribution is -2.38. The van der Waals surface area contributed by atoms with Crippen molar-refractivity contribution in [1.82, 2.24) is 0 Å². The van der Waals surface area contributed by atoms with E-state index in [0.29, 0.717) is 12.1 Å². The molecule has 0 bridgehead atoms.